The van der Waals surface area contributed by atoms with E-state index in [1.807, 2.05) is 0 Å². The third kappa shape index (κ3) is 5.44. The topological polar surface area (TPSA) is 159 Å². The van der Waals surface area contributed by atoms with Gasteiger partial charge in [0, 0.05) is 7.05 Å². The molecule has 0 unspecified atom stereocenters. The minimum Gasteiger partial charge on any atom is -0.446 e. The van der Waals surface area contributed by atoms with Crippen molar-refractivity contribution >= 4 is 28.9 Å². The summed E-state index contributed by atoms with van der Waals surface area (Å²) in [6.45, 7) is 6.53. The number of nitrogens with zero attached hydrogens (tertiary/aromatic N) is 3. The maximum absolute atomic E-state index is 12.4. The number of amides is 2. The highest BCUT2D eigenvalue weighted by atomic mass is 16.6. The molecule has 0 bridgehead atoms. The molecule has 0 aliphatic carbocycles. The highest BCUT2D eigenvalue weighted by Gasteiger charge is 2.43. The van der Waals surface area contributed by atoms with Crippen LogP contribution in [0, 0.1) is 0 Å². The second-order valence-corrected chi connectivity index (χ2v) is 8.68. The Balaban J connectivity index is 1.60. The lowest BCUT2D eigenvalue weighted by Gasteiger charge is -2.42. The average molecular weight is 451 g/mol. The van der Waals surface area contributed by atoms with Crippen LogP contribution in [-0.4, -0.2) is 86.9 Å². The van der Waals surface area contributed by atoms with Crippen molar-refractivity contribution < 1.29 is 33.7 Å². The molecule has 1 fully saturated rings. The van der Waals surface area contributed by atoms with E-state index in [-0.39, 0.29) is 6.54 Å². The molecule has 1 aliphatic heterocycles. The van der Waals surface area contributed by atoms with Crippen LogP contribution in [0.5, 0.6) is 0 Å². The predicted octanol–water partition coefficient (Wildman–Crippen LogP) is 0.453. The van der Waals surface area contributed by atoms with Gasteiger partial charge < -0.3 is 39.6 Å². The van der Waals surface area contributed by atoms with E-state index in [2.05, 4.69) is 20.6 Å². The molecule has 2 amide bonds. The lowest BCUT2D eigenvalue weighted by atomic mass is 9.96. The summed E-state index contributed by atoms with van der Waals surface area (Å²) in [6, 6.07) is 0.763. The van der Waals surface area contributed by atoms with Crippen LogP contribution in [-0.2, 0) is 14.3 Å². The summed E-state index contributed by atoms with van der Waals surface area (Å²) in [7, 11) is 1.43. The van der Waals surface area contributed by atoms with Crippen LogP contribution in [0.25, 0.3) is 11.1 Å². The first kappa shape index (κ1) is 23.7. The number of aliphatic hydroxyl groups excluding tert-OH is 2. The Labute approximate surface area is 184 Å². The number of carbonyl (C=O) groups is 2. The van der Waals surface area contributed by atoms with Gasteiger partial charge in [-0.3, -0.25) is 4.79 Å². The van der Waals surface area contributed by atoms with E-state index in [0.29, 0.717) is 16.9 Å². The Kier molecular flexibility index (Phi) is 6.86. The van der Waals surface area contributed by atoms with Crippen molar-refractivity contribution in [1.82, 2.24) is 20.2 Å². The quantitative estimate of drug-likeness (QED) is 0.503. The summed E-state index contributed by atoms with van der Waals surface area (Å²) >= 11 is 0. The summed E-state index contributed by atoms with van der Waals surface area (Å²) in [5, 5.41) is 27.4. The smallest absolute Gasteiger partial charge is 0.410 e. The number of fused-ring (bicyclic) bond motifs is 1. The maximum Gasteiger partial charge on any atom is 0.410 e. The first-order chi connectivity index (χ1) is 15.0. The minimum atomic E-state index is -1.38. The highest BCUT2D eigenvalue weighted by molar-refractivity contribution is 5.85. The zero-order valence-electron chi connectivity index (χ0n) is 18.6. The first-order valence-electron chi connectivity index (χ1n) is 10.2. The number of aliphatic hydroxyl groups is 2. The van der Waals surface area contributed by atoms with Gasteiger partial charge in [0.1, 0.15) is 36.5 Å². The number of nitrogens with one attached hydrogen (secondary N) is 2. The molecule has 1 aliphatic rings. The van der Waals surface area contributed by atoms with E-state index in [0.717, 1.165) is 4.90 Å². The standard InChI is InChI=1S/C20H29N5O7/c1-10-13(23-12(26)8-25(5)19(29)32-20(2,3)4)14(27)15(28)18(31-10)24-16-11-6-7-30-17(11)22-9-21-16/h6-7,9-10,13-15,18,27-28H,8H2,1-5H3,(H,23,26)(H,21,22,24)/t10-,13-,14+,15+,18-/m0/s1. The molecular formula is C20H29N5O7. The van der Waals surface area contributed by atoms with Gasteiger partial charge in [-0.1, -0.05) is 0 Å². The lowest BCUT2D eigenvalue weighted by molar-refractivity contribution is -0.172. The van der Waals surface area contributed by atoms with Gasteiger partial charge in [0.05, 0.1) is 23.8 Å². The highest BCUT2D eigenvalue weighted by Crippen LogP contribution is 2.26. The molecule has 1 saturated heterocycles. The van der Waals surface area contributed by atoms with E-state index < -0.39 is 48.2 Å². The number of aromatic nitrogens is 2. The van der Waals surface area contributed by atoms with Gasteiger partial charge in [-0.25, -0.2) is 14.8 Å². The number of hydrogen-bond donors (Lipinski definition) is 4. The number of furan rings is 1. The number of rotatable bonds is 5. The molecule has 2 aromatic heterocycles. The van der Waals surface area contributed by atoms with Gasteiger partial charge in [-0.05, 0) is 33.8 Å². The molecule has 2 aromatic rings. The van der Waals surface area contributed by atoms with E-state index >= 15 is 0 Å². The van der Waals surface area contributed by atoms with Crippen LogP contribution in [0.1, 0.15) is 27.7 Å². The monoisotopic (exact) mass is 451 g/mol. The number of carbonyl (C=O) groups excluding carboxylic acids is 2. The fraction of sp³-hybridized carbons (Fsp3) is 0.600. The van der Waals surface area contributed by atoms with Crippen LogP contribution in [0.3, 0.4) is 0 Å². The van der Waals surface area contributed by atoms with Gasteiger partial charge >= 0.3 is 6.09 Å². The molecule has 12 nitrogen and oxygen atoms in total. The van der Waals surface area contributed by atoms with Gasteiger partial charge in [-0.2, -0.15) is 0 Å². The van der Waals surface area contributed by atoms with Crippen LogP contribution in [0.2, 0.25) is 0 Å². The van der Waals surface area contributed by atoms with E-state index in [9.17, 15) is 19.8 Å². The molecule has 0 aromatic carbocycles. The third-order valence-corrected chi connectivity index (χ3v) is 4.85. The van der Waals surface area contributed by atoms with E-state index in [4.69, 9.17) is 13.9 Å². The van der Waals surface area contributed by atoms with E-state index in [1.54, 1.807) is 33.8 Å². The van der Waals surface area contributed by atoms with Crippen molar-refractivity contribution in [3.63, 3.8) is 0 Å². The second kappa shape index (κ2) is 9.27. The molecule has 12 heteroatoms. The number of anilines is 1. The first-order valence-corrected chi connectivity index (χ1v) is 10.2. The van der Waals surface area contributed by atoms with E-state index in [1.165, 1.54) is 19.6 Å². The molecule has 5 atom stereocenters. The predicted molar refractivity (Wildman–Crippen MR) is 113 cm³/mol. The van der Waals surface area contributed by atoms with Crippen molar-refractivity contribution in [3.05, 3.63) is 18.7 Å². The minimum absolute atomic E-state index is 0.290. The summed E-state index contributed by atoms with van der Waals surface area (Å²) in [4.78, 5) is 33.7. The second-order valence-electron chi connectivity index (χ2n) is 8.68. The van der Waals surface area contributed by atoms with Crippen molar-refractivity contribution in [2.45, 2.75) is 63.9 Å². The summed E-state index contributed by atoms with van der Waals surface area (Å²) in [5.41, 5.74) is -0.331. The van der Waals surface area contributed by atoms with Gasteiger partial charge in [0.2, 0.25) is 11.6 Å². The van der Waals surface area contributed by atoms with Crippen molar-refractivity contribution in [1.29, 1.82) is 0 Å². The number of likely N-dealkylation sites (N-methyl/N-ethyl adjacent to an activating group) is 1. The summed E-state index contributed by atoms with van der Waals surface area (Å²) in [5.74, 6) is -0.166. The Morgan fingerprint density at radius 2 is 1.97 bits per heavy atom. The normalized spacial score (nSPS) is 25.9. The van der Waals surface area contributed by atoms with Crippen LogP contribution in [0.15, 0.2) is 23.1 Å². The molecular weight excluding hydrogens is 422 g/mol. The van der Waals surface area contributed by atoms with Gasteiger partial charge in [0.15, 0.2) is 6.23 Å². The molecule has 3 rings (SSSR count). The van der Waals surface area contributed by atoms with Crippen LogP contribution in [0.4, 0.5) is 10.6 Å². The molecule has 0 spiro atoms. The molecule has 32 heavy (non-hydrogen) atoms. The lowest BCUT2D eigenvalue weighted by Crippen LogP contribution is -2.64. The van der Waals surface area contributed by atoms with Crippen molar-refractivity contribution in [2.75, 3.05) is 18.9 Å². The SMILES string of the molecule is C[C@@H]1O[C@H](Nc2ncnc3occc23)[C@H](O)[C@H](O)[C@H]1NC(=O)CN(C)C(=O)OC(C)(C)C. The Morgan fingerprint density at radius 1 is 1.25 bits per heavy atom. The Morgan fingerprint density at radius 3 is 2.66 bits per heavy atom. The van der Waals surface area contributed by atoms with Gasteiger partial charge in [0.25, 0.3) is 0 Å². The van der Waals surface area contributed by atoms with Gasteiger partial charge in [-0.15, -0.1) is 0 Å². The zero-order chi connectivity index (χ0) is 23.6. The largest absolute Gasteiger partial charge is 0.446 e. The molecule has 0 saturated carbocycles. The van der Waals surface area contributed by atoms with Crippen molar-refractivity contribution in [2.24, 2.45) is 0 Å². The van der Waals surface area contributed by atoms with Crippen LogP contribution >= 0.6 is 0 Å². The molecule has 0 radical (unpaired) electrons. The molecule has 4 N–H and O–H groups in total. The molecule has 3 heterocycles. The molecule has 176 valence electrons. The number of hydrogen-bond acceptors (Lipinski definition) is 10. The number of ether oxygens (including phenoxy) is 2. The maximum atomic E-state index is 12.4. The van der Waals surface area contributed by atoms with Crippen molar-refractivity contribution in [3.8, 4) is 0 Å². The Hall–Kier alpha value is -2.96. The summed E-state index contributed by atoms with van der Waals surface area (Å²) < 4.78 is 16.2. The summed E-state index contributed by atoms with van der Waals surface area (Å²) in [6.07, 6.45) is -2.27. The third-order valence-electron chi connectivity index (χ3n) is 4.85. The fourth-order valence-electron chi connectivity index (χ4n) is 3.28. The Bertz CT molecular complexity index is 959. The average Bonchev–Trinajstić information content (AvgIpc) is 3.17. The zero-order valence-corrected chi connectivity index (χ0v) is 18.6. The fourth-order valence-corrected chi connectivity index (χ4v) is 3.28. The van der Waals surface area contributed by atoms with Crippen LogP contribution < -0.4 is 10.6 Å².